The van der Waals surface area contributed by atoms with E-state index in [1.54, 1.807) is 4.90 Å². The van der Waals surface area contributed by atoms with E-state index >= 15 is 0 Å². The number of carbonyl (C=O) groups is 2. The molecule has 1 atom stereocenters. The van der Waals surface area contributed by atoms with Crippen LogP contribution < -0.4 is 11.1 Å². The quantitative estimate of drug-likeness (QED) is 0.468. The van der Waals surface area contributed by atoms with Crippen LogP contribution in [-0.4, -0.2) is 34.3 Å². The van der Waals surface area contributed by atoms with Crippen molar-refractivity contribution in [3.8, 4) is 6.07 Å². The Kier molecular flexibility index (Phi) is 7.36. The highest BCUT2D eigenvalue weighted by atomic mass is 32.2. The van der Waals surface area contributed by atoms with Crippen LogP contribution in [0, 0.1) is 11.3 Å². The van der Waals surface area contributed by atoms with Gasteiger partial charge in [0, 0.05) is 22.0 Å². The Morgan fingerprint density at radius 1 is 1.34 bits per heavy atom. The number of thiophene rings is 1. The number of benzene rings is 1. The smallest absolute Gasteiger partial charge is 0.410 e. The molecule has 0 spiro atoms. The SMILES string of the molecule is CCC(Sc1ccc(N)cc1)C(=O)Nc1sc2c(c1C#N)CCN(C(=O)OC(C)(C)C)C2. The fourth-order valence-corrected chi connectivity index (χ4v) is 5.49. The van der Waals surface area contributed by atoms with Crippen LogP contribution in [0.1, 0.15) is 50.1 Å². The predicted octanol–water partition coefficient (Wildman–Crippen LogP) is 5.00. The van der Waals surface area contributed by atoms with Crippen LogP contribution >= 0.6 is 23.1 Å². The molecule has 0 saturated carbocycles. The minimum Gasteiger partial charge on any atom is -0.444 e. The van der Waals surface area contributed by atoms with Crippen molar-refractivity contribution in [2.45, 2.75) is 62.8 Å². The molecule has 0 fully saturated rings. The number of anilines is 2. The van der Waals surface area contributed by atoms with Gasteiger partial charge in [-0.25, -0.2) is 4.79 Å². The molecule has 1 aliphatic heterocycles. The zero-order valence-corrected chi connectivity index (χ0v) is 20.4. The summed E-state index contributed by atoms with van der Waals surface area (Å²) in [6.45, 7) is 8.30. The van der Waals surface area contributed by atoms with Crippen LogP contribution in [0.2, 0.25) is 0 Å². The maximum Gasteiger partial charge on any atom is 0.410 e. The van der Waals surface area contributed by atoms with Crippen molar-refractivity contribution in [2.24, 2.45) is 0 Å². The number of rotatable bonds is 5. The summed E-state index contributed by atoms with van der Waals surface area (Å²) in [7, 11) is 0. The average molecular weight is 473 g/mol. The lowest BCUT2D eigenvalue weighted by molar-refractivity contribution is -0.115. The van der Waals surface area contributed by atoms with Gasteiger partial charge in [0.2, 0.25) is 5.91 Å². The number of nitriles is 1. The zero-order valence-electron chi connectivity index (χ0n) is 18.7. The van der Waals surface area contributed by atoms with Crippen LogP contribution in [0.3, 0.4) is 0 Å². The minimum absolute atomic E-state index is 0.145. The number of nitrogen functional groups attached to an aromatic ring is 1. The predicted molar refractivity (Wildman–Crippen MR) is 129 cm³/mol. The van der Waals surface area contributed by atoms with Crippen LogP contribution in [0.4, 0.5) is 15.5 Å². The average Bonchev–Trinajstić information content (AvgIpc) is 3.07. The van der Waals surface area contributed by atoms with Gasteiger partial charge in [-0.2, -0.15) is 5.26 Å². The summed E-state index contributed by atoms with van der Waals surface area (Å²) in [5.41, 5.74) is 7.25. The van der Waals surface area contributed by atoms with Gasteiger partial charge in [0.15, 0.2) is 0 Å². The molecule has 0 saturated heterocycles. The van der Waals surface area contributed by atoms with Gasteiger partial charge in [0.05, 0.1) is 17.4 Å². The Bertz CT molecular complexity index is 1040. The lowest BCUT2D eigenvalue weighted by atomic mass is 10.0. The lowest BCUT2D eigenvalue weighted by Gasteiger charge is -2.29. The number of nitrogens with two attached hydrogens (primary N) is 1. The van der Waals surface area contributed by atoms with Crippen molar-refractivity contribution in [3.63, 3.8) is 0 Å². The van der Waals surface area contributed by atoms with Gasteiger partial charge < -0.3 is 20.7 Å². The second-order valence-corrected chi connectivity index (χ2v) is 10.9. The van der Waals surface area contributed by atoms with E-state index in [0.29, 0.717) is 42.2 Å². The van der Waals surface area contributed by atoms with Gasteiger partial charge in [-0.1, -0.05) is 6.92 Å². The molecule has 1 unspecified atom stereocenters. The Hall–Kier alpha value is -2.70. The summed E-state index contributed by atoms with van der Waals surface area (Å²) in [5, 5.41) is 12.9. The fraction of sp³-hybridized carbons (Fsp3) is 0.435. The summed E-state index contributed by atoms with van der Waals surface area (Å²) in [4.78, 5) is 28.9. The second kappa shape index (κ2) is 9.84. The monoisotopic (exact) mass is 472 g/mol. The van der Waals surface area contributed by atoms with Crippen LogP contribution in [0.15, 0.2) is 29.2 Å². The second-order valence-electron chi connectivity index (χ2n) is 8.54. The largest absolute Gasteiger partial charge is 0.444 e. The molecule has 1 aromatic heterocycles. The molecule has 0 bridgehead atoms. The van der Waals surface area contributed by atoms with Gasteiger partial charge >= 0.3 is 6.09 Å². The highest BCUT2D eigenvalue weighted by Gasteiger charge is 2.30. The molecule has 1 aliphatic rings. The third-order valence-corrected chi connectivity index (χ3v) is 7.39. The van der Waals surface area contributed by atoms with Crippen molar-refractivity contribution in [3.05, 3.63) is 40.3 Å². The Morgan fingerprint density at radius 3 is 2.62 bits per heavy atom. The number of hydrogen-bond donors (Lipinski definition) is 2. The van der Waals surface area contributed by atoms with E-state index in [9.17, 15) is 14.9 Å². The molecule has 0 radical (unpaired) electrons. The molecule has 2 amide bonds. The summed E-state index contributed by atoms with van der Waals surface area (Å²) in [5.74, 6) is -0.145. The molecule has 3 N–H and O–H groups in total. The molecule has 2 aromatic rings. The standard InChI is InChI=1S/C23H28N4O3S2/c1-5-18(31-15-8-6-14(25)7-9-15)20(28)26-21-17(12-24)16-10-11-27(13-19(16)32-21)22(29)30-23(2,3)4/h6-9,18H,5,10-11,13,25H2,1-4H3,(H,26,28). The summed E-state index contributed by atoms with van der Waals surface area (Å²) < 4.78 is 5.48. The Morgan fingerprint density at radius 2 is 2.03 bits per heavy atom. The van der Waals surface area contributed by atoms with Crippen molar-refractivity contribution in [1.29, 1.82) is 5.26 Å². The number of hydrogen-bond acceptors (Lipinski definition) is 7. The van der Waals surface area contributed by atoms with E-state index < -0.39 is 5.60 Å². The fourth-order valence-electron chi connectivity index (χ4n) is 3.32. The first-order valence-electron chi connectivity index (χ1n) is 10.5. The number of thioether (sulfide) groups is 1. The topological polar surface area (TPSA) is 108 Å². The van der Waals surface area contributed by atoms with Gasteiger partial charge in [-0.15, -0.1) is 23.1 Å². The molecule has 9 heteroatoms. The molecule has 32 heavy (non-hydrogen) atoms. The van der Waals surface area contributed by atoms with Gasteiger partial charge in [-0.3, -0.25) is 4.79 Å². The third-order valence-electron chi connectivity index (χ3n) is 4.88. The molecular formula is C23H28N4O3S2. The summed E-state index contributed by atoms with van der Waals surface area (Å²) >= 11 is 2.83. The highest BCUT2D eigenvalue weighted by Crippen LogP contribution is 2.38. The minimum atomic E-state index is -0.568. The van der Waals surface area contributed by atoms with Gasteiger partial charge in [-0.05, 0) is 63.4 Å². The first-order chi connectivity index (χ1) is 15.1. The number of carbonyl (C=O) groups excluding carboxylic acids is 2. The summed E-state index contributed by atoms with van der Waals surface area (Å²) in [6, 6.07) is 9.65. The third kappa shape index (κ3) is 5.75. The molecule has 2 heterocycles. The number of fused-ring (bicyclic) bond motifs is 1. The molecular weight excluding hydrogens is 444 g/mol. The molecule has 0 aliphatic carbocycles. The lowest BCUT2D eigenvalue weighted by Crippen LogP contribution is -2.39. The molecule has 3 rings (SSSR count). The van der Waals surface area contributed by atoms with Gasteiger partial charge in [0.1, 0.15) is 16.7 Å². The summed E-state index contributed by atoms with van der Waals surface area (Å²) in [6.07, 6.45) is 0.827. The van der Waals surface area contributed by atoms with Crippen molar-refractivity contribution >= 4 is 45.8 Å². The van der Waals surface area contributed by atoms with E-state index in [0.717, 1.165) is 15.3 Å². The van der Waals surface area contributed by atoms with Crippen molar-refractivity contribution < 1.29 is 14.3 Å². The van der Waals surface area contributed by atoms with E-state index in [-0.39, 0.29) is 17.3 Å². The molecule has 170 valence electrons. The van der Waals surface area contributed by atoms with Crippen molar-refractivity contribution in [2.75, 3.05) is 17.6 Å². The first-order valence-corrected chi connectivity index (χ1v) is 12.2. The normalized spacial score (nSPS) is 14.3. The molecule has 7 nitrogen and oxygen atoms in total. The van der Waals surface area contributed by atoms with Crippen molar-refractivity contribution in [1.82, 2.24) is 4.90 Å². The number of nitrogens with zero attached hydrogens (tertiary/aromatic N) is 2. The van der Waals surface area contributed by atoms with E-state index in [1.165, 1.54) is 23.1 Å². The number of ether oxygens (including phenoxy) is 1. The van der Waals surface area contributed by atoms with Crippen LogP contribution in [0.5, 0.6) is 0 Å². The van der Waals surface area contributed by atoms with Crippen LogP contribution in [-0.2, 0) is 22.5 Å². The Labute approximate surface area is 196 Å². The maximum absolute atomic E-state index is 13.0. The number of amides is 2. The highest BCUT2D eigenvalue weighted by molar-refractivity contribution is 8.00. The first kappa shape index (κ1) is 24.0. The van der Waals surface area contributed by atoms with E-state index in [4.69, 9.17) is 10.5 Å². The van der Waals surface area contributed by atoms with Gasteiger partial charge in [0.25, 0.3) is 0 Å². The van der Waals surface area contributed by atoms with E-state index in [2.05, 4.69) is 11.4 Å². The molecule has 1 aromatic carbocycles. The van der Waals surface area contributed by atoms with E-state index in [1.807, 2.05) is 52.0 Å². The number of nitrogens with one attached hydrogen (secondary N) is 1. The van der Waals surface area contributed by atoms with Crippen LogP contribution in [0.25, 0.3) is 0 Å². The Balaban J connectivity index is 1.73. The zero-order chi connectivity index (χ0) is 23.5. The maximum atomic E-state index is 13.0.